The molecule has 1 atom stereocenters. The van der Waals surface area contributed by atoms with Gasteiger partial charge in [0.05, 0.1) is 39.5 Å². The number of hydrogen-bond acceptors (Lipinski definition) is 8. The normalized spacial score (nSPS) is 13.2. The van der Waals surface area contributed by atoms with Crippen LogP contribution in [0.4, 0.5) is 0 Å². The molecule has 0 spiro atoms. The van der Waals surface area contributed by atoms with Crippen molar-refractivity contribution in [1.29, 1.82) is 0 Å². The molecule has 0 amide bonds. The molecule has 11 heteroatoms. The Labute approximate surface area is 213 Å². The summed E-state index contributed by atoms with van der Waals surface area (Å²) in [6.45, 7) is 1.26. The number of carbonyl (C=O) groups is 2. The number of aromatic nitrogens is 2. The second-order valence-electron chi connectivity index (χ2n) is 7.92. The van der Waals surface area contributed by atoms with E-state index in [1.807, 2.05) is 13.0 Å². The van der Waals surface area contributed by atoms with Crippen molar-refractivity contribution in [3.8, 4) is 0 Å². The molecule has 0 fully saturated rings. The van der Waals surface area contributed by atoms with Crippen LogP contribution in [0.1, 0.15) is 13.3 Å². The van der Waals surface area contributed by atoms with E-state index in [-0.39, 0.29) is 35.3 Å². The molecule has 1 unspecified atom stereocenters. The third kappa shape index (κ3) is 5.25. The minimum absolute atomic E-state index is 0.259. The summed E-state index contributed by atoms with van der Waals surface area (Å²) in [5.74, 6) is -1.73. The summed E-state index contributed by atoms with van der Waals surface area (Å²) in [4.78, 5) is 50.9. The number of nitrogens with zero attached hydrogens (tertiary/aromatic N) is 2. The summed E-state index contributed by atoms with van der Waals surface area (Å²) in [6, 6.07) is 14.2. The number of para-hydroxylation sites is 2. The molecule has 0 N–H and O–H groups in total. The SMILES string of the molecule is CCCOCC(CCl)(OC(=O)Cn1c(=O)sc2ccccc21)C(=O)Cn1c(=O)sc2ccccc21. The van der Waals surface area contributed by atoms with Crippen LogP contribution in [0, 0.1) is 0 Å². The van der Waals surface area contributed by atoms with Gasteiger partial charge >= 0.3 is 15.7 Å². The first-order chi connectivity index (χ1) is 16.9. The number of alkyl halides is 1. The summed E-state index contributed by atoms with van der Waals surface area (Å²) in [5, 5.41) is 0. The summed E-state index contributed by atoms with van der Waals surface area (Å²) in [5.41, 5.74) is -0.608. The first kappa shape index (κ1) is 25.3. The number of ether oxygens (including phenoxy) is 2. The fourth-order valence-electron chi connectivity index (χ4n) is 3.68. The highest BCUT2D eigenvalue weighted by molar-refractivity contribution is 7.16. The van der Waals surface area contributed by atoms with E-state index in [2.05, 4.69) is 0 Å². The lowest BCUT2D eigenvalue weighted by atomic mass is 10.0. The van der Waals surface area contributed by atoms with Crippen molar-refractivity contribution in [2.75, 3.05) is 19.1 Å². The van der Waals surface area contributed by atoms with Crippen LogP contribution in [0.15, 0.2) is 58.1 Å². The Bertz CT molecular complexity index is 1490. The van der Waals surface area contributed by atoms with Gasteiger partial charge in [-0.3, -0.25) is 28.3 Å². The third-order valence-corrected chi connectivity index (χ3v) is 7.81. The predicted molar refractivity (Wildman–Crippen MR) is 138 cm³/mol. The maximum atomic E-state index is 13.5. The molecular formula is C24H23ClN2O6S2. The average molecular weight is 535 g/mol. The summed E-state index contributed by atoms with van der Waals surface area (Å²) >= 11 is 8.26. The zero-order valence-corrected chi connectivity index (χ0v) is 21.3. The first-order valence-electron chi connectivity index (χ1n) is 10.9. The van der Waals surface area contributed by atoms with Gasteiger partial charge in [0.15, 0.2) is 5.78 Å². The monoisotopic (exact) mass is 534 g/mol. The lowest BCUT2D eigenvalue weighted by Crippen LogP contribution is -2.52. The van der Waals surface area contributed by atoms with Gasteiger partial charge in [-0.25, -0.2) is 0 Å². The molecule has 0 radical (unpaired) electrons. The zero-order valence-electron chi connectivity index (χ0n) is 18.9. The summed E-state index contributed by atoms with van der Waals surface area (Å²) in [7, 11) is 0. The van der Waals surface area contributed by atoms with Crippen molar-refractivity contribution in [3.05, 3.63) is 67.9 Å². The fourth-order valence-corrected chi connectivity index (χ4v) is 5.74. The number of Topliss-reactive ketones (excluding diaryl/α,β-unsaturated/α-hetero) is 1. The minimum Gasteiger partial charge on any atom is -0.446 e. The molecule has 8 nitrogen and oxygen atoms in total. The fraction of sp³-hybridized carbons (Fsp3) is 0.333. The van der Waals surface area contributed by atoms with Gasteiger partial charge in [-0.05, 0) is 30.7 Å². The Morgan fingerprint density at radius 2 is 1.46 bits per heavy atom. The van der Waals surface area contributed by atoms with Gasteiger partial charge in [-0.1, -0.05) is 53.9 Å². The number of halogens is 1. The molecule has 2 aromatic carbocycles. The highest BCUT2D eigenvalue weighted by atomic mass is 35.5. The van der Waals surface area contributed by atoms with E-state index in [1.165, 1.54) is 9.13 Å². The van der Waals surface area contributed by atoms with E-state index in [0.29, 0.717) is 24.1 Å². The highest BCUT2D eigenvalue weighted by Gasteiger charge is 2.42. The minimum atomic E-state index is -1.81. The van der Waals surface area contributed by atoms with Crippen LogP contribution in [0.5, 0.6) is 0 Å². The summed E-state index contributed by atoms with van der Waals surface area (Å²) < 4.78 is 15.4. The largest absolute Gasteiger partial charge is 0.446 e. The number of esters is 1. The van der Waals surface area contributed by atoms with E-state index in [9.17, 15) is 19.2 Å². The van der Waals surface area contributed by atoms with Gasteiger partial charge in [0.2, 0.25) is 5.60 Å². The second kappa shape index (κ2) is 10.9. The zero-order chi connectivity index (χ0) is 25.0. The topological polar surface area (TPSA) is 96.6 Å². The third-order valence-electron chi connectivity index (χ3n) is 5.45. The van der Waals surface area contributed by atoms with E-state index in [1.54, 1.807) is 42.5 Å². The molecule has 4 rings (SSSR count). The number of carbonyl (C=O) groups excluding carboxylic acids is 2. The molecule has 2 heterocycles. The first-order valence-corrected chi connectivity index (χ1v) is 13.1. The Hall–Kier alpha value is -2.79. The molecule has 0 aliphatic rings. The Morgan fingerprint density at radius 1 is 0.914 bits per heavy atom. The molecule has 0 aliphatic carbocycles. The Morgan fingerprint density at radius 3 is 2.00 bits per heavy atom. The van der Waals surface area contributed by atoms with Crippen LogP contribution in [0.3, 0.4) is 0 Å². The number of rotatable bonds is 11. The lowest BCUT2D eigenvalue weighted by molar-refractivity contribution is -0.172. The van der Waals surface area contributed by atoms with E-state index in [4.69, 9.17) is 21.1 Å². The average Bonchev–Trinajstić information content (AvgIpc) is 3.34. The molecule has 2 aromatic heterocycles. The number of fused-ring (bicyclic) bond motifs is 2. The molecule has 0 bridgehead atoms. The van der Waals surface area contributed by atoms with E-state index >= 15 is 0 Å². The molecule has 35 heavy (non-hydrogen) atoms. The van der Waals surface area contributed by atoms with Crippen LogP contribution in [0.2, 0.25) is 0 Å². The Balaban J connectivity index is 1.62. The van der Waals surface area contributed by atoms with Crippen molar-refractivity contribution in [2.24, 2.45) is 0 Å². The van der Waals surface area contributed by atoms with Crippen molar-refractivity contribution in [1.82, 2.24) is 9.13 Å². The molecular weight excluding hydrogens is 512 g/mol. The highest BCUT2D eigenvalue weighted by Crippen LogP contribution is 2.22. The molecule has 4 aromatic rings. The van der Waals surface area contributed by atoms with Gasteiger partial charge < -0.3 is 9.47 Å². The van der Waals surface area contributed by atoms with Crippen LogP contribution in [-0.4, -0.2) is 45.6 Å². The second-order valence-corrected chi connectivity index (χ2v) is 10.2. The van der Waals surface area contributed by atoms with Gasteiger partial charge in [0.25, 0.3) is 0 Å². The van der Waals surface area contributed by atoms with E-state index in [0.717, 1.165) is 32.1 Å². The maximum Gasteiger partial charge on any atom is 0.327 e. The molecule has 0 aliphatic heterocycles. The van der Waals surface area contributed by atoms with E-state index < -0.39 is 17.4 Å². The van der Waals surface area contributed by atoms with Crippen LogP contribution in [0.25, 0.3) is 20.4 Å². The van der Waals surface area contributed by atoms with Gasteiger partial charge in [0.1, 0.15) is 6.54 Å². The number of hydrogen-bond donors (Lipinski definition) is 0. The summed E-state index contributed by atoms with van der Waals surface area (Å²) in [6.07, 6.45) is 0.686. The lowest BCUT2D eigenvalue weighted by Gasteiger charge is -2.30. The van der Waals surface area contributed by atoms with Crippen LogP contribution in [-0.2, 0) is 32.2 Å². The molecule has 0 saturated heterocycles. The van der Waals surface area contributed by atoms with Crippen molar-refractivity contribution in [3.63, 3.8) is 0 Å². The van der Waals surface area contributed by atoms with Gasteiger partial charge in [-0.15, -0.1) is 11.6 Å². The number of benzene rings is 2. The van der Waals surface area contributed by atoms with Gasteiger partial charge in [-0.2, -0.15) is 0 Å². The molecule has 0 saturated carbocycles. The number of ketones is 1. The van der Waals surface area contributed by atoms with Gasteiger partial charge in [0, 0.05) is 6.61 Å². The van der Waals surface area contributed by atoms with Crippen molar-refractivity contribution >= 4 is 66.5 Å². The quantitative estimate of drug-likeness (QED) is 0.165. The number of thiazole rings is 2. The predicted octanol–water partition coefficient (Wildman–Crippen LogP) is 3.66. The Kier molecular flexibility index (Phi) is 7.85. The van der Waals surface area contributed by atoms with Crippen molar-refractivity contribution < 1.29 is 19.1 Å². The standard InChI is InChI=1S/C24H23ClN2O6S2/c1-2-11-32-15-24(14-25,20(28)12-26-16-7-3-5-9-18(16)34-22(26)30)33-21(29)13-27-17-8-4-6-10-19(17)35-23(27)31/h3-10H,2,11-15H2,1H3. The van der Waals surface area contributed by atoms with Crippen molar-refractivity contribution in [2.45, 2.75) is 32.0 Å². The molecule has 184 valence electrons. The van der Waals surface area contributed by atoms with Crippen LogP contribution < -0.4 is 9.75 Å². The van der Waals surface area contributed by atoms with Crippen LogP contribution >= 0.6 is 34.3 Å². The smallest absolute Gasteiger partial charge is 0.327 e. The maximum absolute atomic E-state index is 13.5.